The van der Waals surface area contributed by atoms with E-state index >= 15 is 0 Å². The summed E-state index contributed by atoms with van der Waals surface area (Å²) in [6.07, 6.45) is 6.39. The van der Waals surface area contributed by atoms with Crippen molar-refractivity contribution in [3.8, 4) is 0 Å². The lowest BCUT2D eigenvalue weighted by molar-refractivity contribution is -0.0421. The molecule has 0 N–H and O–H groups in total. The SMILES string of the molecule is CCCC(CC)CN(F)C(CC)CCC. The summed E-state index contributed by atoms with van der Waals surface area (Å²) in [5.41, 5.74) is 0. The fraction of sp³-hybridized carbons (Fsp3) is 1.00. The van der Waals surface area contributed by atoms with Crippen LogP contribution in [0.2, 0.25) is 0 Å². The molecular weight excluding hydrogens is 189 g/mol. The maximum atomic E-state index is 13.8. The maximum Gasteiger partial charge on any atom is 0.0399 e. The third-order valence-electron chi connectivity index (χ3n) is 3.20. The molecule has 15 heavy (non-hydrogen) atoms. The Hall–Kier alpha value is -0.110. The lowest BCUT2D eigenvalue weighted by Crippen LogP contribution is -2.31. The lowest BCUT2D eigenvalue weighted by atomic mass is 9.99. The molecule has 0 heterocycles. The van der Waals surface area contributed by atoms with Crippen molar-refractivity contribution < 1.29 is 4.48 Å². The van der Waals surface area contributed by atoms with Crippen LogP contribution in [-0.4, -0.2) is 17.7 Å². The van der Waals surface area contributed by atoms with E-state index in [2.05, 4.69) is 27.7 Å². The van der Waals surface area contributed by atoms with Gasteiger partial charge in [-0.05, 0) is 25.2 Å². The van der Waals surface area contributed by atoms with Crippen molar-refractivity contribution >= 4 is 0 Å². The topological polar surface area (TPSA) is 3.24 Å². The molecule has 0 aliphatic carbocycles. The lowest BCUT2D eigenvalue weighted by Gasteiger charge is -2.26. The van der Waals surface area contributed by atoms with Crippen molar-refractivity contribution in [2.75, 3.05) is 6.54 Å². The van der Waals surface area contributed by atoms with Crippen LogP contribution in [0, 0.1) is 5.92 Å². The molecule has 0 rings (SSSR count). The molecule has 2 heteroatoms. The first-order chi connectivity index (χ1) is 7.19. The van der Waals surface area contributed by atoms with Crippen molar-refractivity contribution in [3.63, 3.8) is 0 Å². The summed E-state index contributed by atoms with van der Waals surface area (Å²) >= 11 is 0. The van der Waals surface area contributed by atoms with Crippen molar-refractivity contribution in [2.45, 2.75) is 72.3 Å². The molecule has 0 saturated heterocycles. The van der Waals surface area contributed by atoms with E-state index in [4.69, 9.17) is 0 Å². The second-order valence-electron chi connectivity index (χ2n) is 4.50. The third-order valence-corrected chi connectivity index (χ3v) is 3.20. The molecule has 2 unspecified atom stereocenters. The molecule has 0 aromatic heterocycles. The van der Waals surface area contributed by atoms with E-state index in [0.29, 0.717) is 12.5 Å². The molecule has 0 bridgehead atoms. The minimum Gasteiger partial charge on any atom is -0.143 e. The zero-order valence-electron chi connectivity index (χ0n) is 10.9. The molecule has 0 radical (unpaired) electrons. The number of hydrogen-bond acceptors (Lipinski definition) is 1. The van der Waals surface area contributed by atoms with Gasteiger partial charge in [0.05, 0.1) is 0 Å². The molecule has 0 aliphatic heterocycles. The van der Waals surface area contributed by atoms with E-state index in [-0.39, 0.29) is 6.04 Å². The van der Waals surface area contributed by atoms with Crippen LogP contribution in [0.1, 0.15) is 66.2 Å². The monoisotopic (exact) mass is 217 g/mol. The van der Waals surface area contributed by atoms with Crippen LogP contribution in [0.4, 0.5) is 4.48 Å². The van der Waals surface area contributed by atoms with Crippen LogP contribution in [0.15, 0.2) is 0 Å². The second-order valence-corrected chi connectivity index (χ2v) is 4.50. The average Bonchev–Trinajstić information content (AvgIpc) is 2.24. The Morgan fingerprint density at radius 3 is 1.93 bits per heavy atom. The maximum absolute atomic E-state index is 13.8. The van der Waals surface area contributed by atoms with Gasteiger partial charge in [0.1, 0.15) is 0 Å². The Labute approximate surface area is 95.0 Å². The molecule has 0 amide bonds. The summed E-state index contributed by atoms with van der Waals surface area (Å²) in [7, 11) is 0. The Morgan fingerprint density at radius 1 is 0.933 bits per heavy atom. The largest absolute Gasteiger partial charge is 0.143 e. The Morgan fingerprint density at radius 2 is 1.53 bits per heavy atom. The van der Waals surface area contributed by atoms with Gasteiger partial charge in [0.25, 0.3) is 0 Å². The van der Waals surface area contributed by atoms with Crippen LogP contribution < -0.4 is 0 Å². The molecule has 0 spiro atoms. The van der Waals surface area contributed by atoms with E-state index in [1.165, 1.54) is 0 Å². The molecule has 2 atom stereocenters. The molecule has 0 fully saturated rings. The Bertz CT molecular complexity index is 138. The minimum absolute atomic E-state index is 0.140. The molecule has 92 valence electrons. The fourth-order valence-corrected chi connectivity index (χ4v) is 2.10. The first-order valence-electron chi connectivity index (χ1n) is 6.61. The molecule has 0 aromatic carbocycles. The summed E-state index contributed by atoms with van der Waals surface area (Å²) in [6.45, 7) is 9.17. The van der Waals surface area contributed by atoms with Crippen molar-refractivity contribution in [1.29, 1.82) is 0 Å². The second kappa shape index (κ2) is 9.14. The predicted octanol–water partition coefficient (Wildman–Crippen LogP) is 4.58. The number of nitrogens with zero attached hydrogens (tertiary/aromatic N) is 1. The van der Waals surface area contributed by atoms with Gasteiger partial charge in [-0.15, -0.1) is 9.60 Å². The van der Waals surface area contributed by atoms with E-state index in [1.807, 2.05) is 0 Å². The van der Waals surface area contributed by atoms with Gasteiger partial charge in [-0.2, -0.15) is 0 Å². The van der Waals surface area contributed by atoms with Gasteiger partial charge in [0.2, 0.25) is 0 Å². The molecule has 0 saturated carbocycles. The van der Waals surface area contributed by atoms with Crippen LogP contribution in [0.25, 0.3) is 0 Å². The van der Waals surface area contributed by atoms with Crippen LogP contribution in [0.5, 0.6) is 0 Å². The normalized spacial score (nSPS) is 15.6. The van der Waals surface area contributed by atoms with Gasteiger partial charge >= 0.3 is 0 Å². The molecule has 0 aromatic rings. The smallest absolute Gasteiger partial charge is 0.0399 e. The van der Waals surface area contributed by atoms with Crippen molar-refractivity contribution in [2.24, 2.45) is 5.92 Å². The minimum atomic E-state index is 0.140. The Kier molecular flexibility index (Phi) is 9.07. The summed E-state index contributed by atoms with van der Waals surface area (Å²) < 4.78 is 13.8. The van der Waals surface area contributed by atoms with E-state index in [0.717, 1.165) is 43.6 Å². The highest BCUT2D eigenvalue weighted by atomic mass is 19.2. The van der Waals surface area contributed by atoms with Crippen LogP contribution >= 0.6 is 0 Å². The van der Waals surface area contributed by atoms with Gasteiger partial charge < -0.3 is 0 Å². The van der Waals surface area contributed by atoms with Crippen molar-refractivity contribution in [3.05, 3.63) is 0 Å². The highest BCUT2D eigenvalue weighted by Crippen LogP contribution is 2.18. The zero-order valence-corrected chi connectivity index (χ0v) is 10.9. The molecule has 1 nitrogen and oxygen atoms in total. The molecule has 0 aliphatic rings. The predicted molar refractivity (Wildman–Crippen MR) is 65.5 cm³/mol. The standard InChI is InChI=1S/C13H28FN/c1-5-9-12(7-3)11-15(14)13(8-4)10-6-2/h12-13H,5-11H2,1-4H3. The number of hydrogen-bond donors (Lipinski definition) is 0. The quantitative estimate of drug-likeness (QED) is 0.511. The van der Waals surface area contributed by atoms with Crippen molar-refractivity contribution in [1.82, 2.24) is 5.12 Å². The summed E-state index contributed by atoms with van der Waals surface area (Å²) in [5.74, 6) is 0.533. The highest BCUT2D eigenvalue weighted by Gasteiger charge is 2.18. The van der Waals surface area contributed by atoms with Gasteiger partial charge in [-0.3, -0.25) is 0 Å². The third kappa shape index (κ3) is 6.14. The van der Waals surface area contributed by atoms with Gasteiger partial charge in [-0.25, -0.2) is 0 Å². The number of halogens is 1. The summed E-state index contributed by atoms with van der Waals surface area (Å²) in [5, 5.41) is 1.09. The van der Waals surface area contributed by atoms with Gasteiger partial charge in [0, 0.05) is 12.6 Å². The average molecular weight is 217 g/mol. The summed E-state index contributed by atoms with van der Waals surface area (Å²) in [6, 6.07) is 0.140. The van der Waals surface area contributed by atoms with E-state index in [1.54, 1.807) is 0 Å². The van der Waals surface area contributed by atoms with Gasteiger partial charge in [-0.1, -0.05) is 47.0 Å². The van der Waals surface area contributed by atoms with Crippen LogP contribution in [0.3, 0.4) is 0 Å². The molecular formula is C13H28FN. The first kappa shape index (κ1) is 14.9. The van der Waals surface area contributed by atoms with E-state index in [9.17, 15) is 4.48 Å². The van der Waals surface area contributed by atoms with Gasteiger partial charge in [0.15, 0.2) is 0 Å². The number of rotatable bonds is 9. The fourth-order valence-electron chi connectivity index (χ4n) is 2.10. The zero-order chi connectivity index (χ0) is 11.7. The first-order valence-corrected chi connectivity index (χ1v) is 6.61. The van der Waals surface area contributed by atoms with E-state index < -0.39 is 0 Å². The van der Waals surface area contributed by atoms with Crippen LogP contribution in [-0.2, 0) is 0 Å². The Balaban J connectivity index is 3.99. The summed E-state index contributed by atoms with van der Waals surface area (Å²) in [4.78, 5) is 0. The highest BCUT2D eigenvalue weighted by molar-refractivity contribution is 4.67.